The molecule has 0 N–H and O–H groups in total. The highest BCUT2D eigenvalue weighted by Gasteiger charge is 2.30. The summed E-state index contributed by atoms with van der Waals surface area (Å²) in [5.74, 6) is 2.59. The van der Waals surface area contributed by atoms with E-state index in [0.29, 0.717) is 0 Å². The van der Waals surface area contributed by atoms with Crippen molar-refractivity contribution >= 4 is 6.08 Å². The third-order valence-electron chi connectivity index (χ3n) is 2.83. The number of hydrogen-bond acceptors (Lipinski definition) is 2. The number of rotatable bonds is 0. The third-order valence-corrected chi connectivity index (χ3v) is 2.83. The Morgan fingerprint density at radius 1 is 1.12 bits per heavy atom. The van der Waals surface area contributed by atoms with Crippen LogP contribution in [0.25, 0.3) is 6.08 Å². The van der Waals surface area contributed by atoms with Crippen molar-refractivity contribution < 1.29 is 9.47 Å². The van der Waals surface area contributed by atoms with Gasteiger partial charge in [-0.25, -0.2) is 0 Å². The van der Waals surface area contributed by atoms with Gasteiger partial charge in [0.1, 0.15) is 11.4 Å². The molecule has 0 fully saturated rings. The lowest BCUT2D eigenvalue weighted by molar-refractivity contribution is 0.0247. The smallest absolute Gasteiger partial charge is 0.165 e. The van der Waals surface area contributed by atoms with Gasteiger partial charge >= 0.3 is 0 Å². The van der Waals surface area contributed by atoms with Crippen LogP contribution in [0.15, 0.2) is 41.9 Å². The van der Waals surface area contributed by atoms with E-state index in [9.17, 15) is 0 Å². The summed E-state index contributed by atoms with van der Waals surface area (Å²) in [6.45, 7) is 4.17. The first-order valence-corrected chi connectivity index (χ1v) is 5.52. The van der Waals surface area contributed by atoms with Gasteiger partial charge in [-0.1, -0.05) is 18.2 Å². The van der Waals surface area contributed by atoms with Crippen LogP contribution in [0.1, 0.15) is 25.8 Å². The van der Waals surface area contributed by atoms with Crippen LogP contribution in [0.2, 0.25) is 0 Å². The predicted molar refractivity (Wildman–Crippen MR) is 62.9 cm³/mol. The average Bonchev–Trinajstić information content (AvgIpc) is 2.25. The van der Waals surface area contributed by atoms with Crippen molar-refractivity contribution in [1.29, 1.82) is 0 Å². The van der Waals surface area contributed by atoms with Crippen molar-refractivity contribution in [3.8, 4) is 5.75 Å². The number of ether oxygens (including phenoxy) is 2. The van der Waals surface area contributed by atoms with Crippen LogP contribution >= 0.6 is 0 Å². The molecule has 2 aliphatic rings. The maximum Gasteiger partial charge on any atom is 0.165 e. The van der Waals surface area contributed by atoms with Crippen LogP contribution < -0.4 is 4.74 Å². The van der Waals surface area contributed by atoms with E-state index in [1.807, 2.05) is 30.3 Å². The molecule has 1 aromatic rings. The fourth-order valence-electron chi connectivity index (χ4n) is 1.97. The minimum Gasteiger partial charge on any atom is -0.484 e. The van der Waals surface area contributed by atoms with Crippen LogP contribution in [0, 0.1) is 0 Å². The first kappa shape index (κ1) is 9.52. The number of para-hydroxylation sites is 1. The van der Waals surface area contributed by atoms with Gasteiger partial charge < -0.3 is 9.47 Å². The molecule has 0 aliphatic carbocycles. The molecule has 0 saturated heterocycles. The van der Waals surface area contributed by atoms with E-state index in [1.54, 1.807) is 0 Å². The van der Waals surface area contributed by atoms with Gasteiger partial charge in [0.25, 0.3) is 0 Å². The van der Waals surface area contributed by atoms with Gasteiger partial charge in [-0.05, 0) is 32.1 Å². The third kappa shape index (κ3) is 1.51. The van der Waals surface area contributed by atoms with Crippen LogP contribution in [-0.2, 0) is 4.74 Å². The second-order valence-electron chi connectivity index (χ2n) is 4.78. The van der Waals surface area contributed by atoms with Crippen molar-refractivity contribution in [1.82, 2.24) is 0 Å². The molecular formula is C14H14O2. The second-order valence-corrected chi connectivity index (χ2v) is 4.78. The predicted octanol–water partition coefficient (Wildman–Crippen LogP) is 3.50. The van der Waals surface area contributed by atoms with E-state index in [1.165, 1.54) is 0 Å². The summed E-state index contributed by atoms with van der Waals surface area (Å²) in [6.07, 6.45) is 5.03. The molecule has 2 heterocycles. The average molecular weight is 214 g/mol. The Balaban J connectivity index is 2.07. The standard InChI is InChI=1S/C14H14O2/c1-14(2)8-7-12-13(16-14)9-10-5-3-4-6-11(10)15-12/h3-7,9H,8H2,1-2H3. The summed E-state index contributed by atoms with van der Waals surface area (Å²) in [6, 6.07) is 7.99. The summed E-state index contributed by atoms with van der Waals surface area (Å²) in [7, 11) is 0. The van der Waals surface area contributed by atoms with E-state index in [2.05, 4.69) is 19.9 Å². The van der Waals surface area contributed by atoms with Crippen molar-refractivity contribution in [2.24, 2.45) is 0 Å². The number of hydrogen-bond donors (Lipinski definition) is 0. The molecule has 2 heteroatoms. The van der Waals surface area contributed by atoms with Crippen molar-refractivity contribution in [3.05, 3.63) is 47.4 Å². The van der Waals surface area contributed by atoms with Gasteiger partial charge in [-0.2, -0.15) is 0 Å². The quantitative estimate of drug-likeness (QED) is 0.658. The molecule has 3 rings (SSSR count). The summed E-state index contributed by atoms with van der Waals surface area (Å²) in [5.41, 5.74) is 0.942. The molecule has 0 spiro atoms. The van der Waals surface area contributed by atoms with Crippen LogP contribution in [0.5, 0.6) is 5.75 Å². The van der Waals surface area contributed by atoms with Gasteiger partial charge in [-0.3, -0.25) is 0 Å². The fraction of sp³-hybridized carbons (Fsp3) is 0.286. The monoisotopic (exact) mass is 214 g/mol. The zero-order valence-corrected chi connectivity index (χ0v) is 9.49. The zero-order chi connectivity index (χ0) is 11.2. The lowest BCUT2D eigenvalue weighted by atomic mass is 9.99. The molecular weight excluding hydrogens is 200 g/mol. The molecule has 0 aromatic heterocycles. The van der Waals surface area contributed by atoms with Crippen molar-refractivity contribution in [2.45, 2.75) is 25.9 Å². The molecule has 0 radical (unpaired) electrons. The van der Waals surface area contributed by atoms with Crippen molar-refractivity contribution in [3.63, 3.8) is 0 Å². The number of benzene rings is 1. The van der Waals surface area contributed by atoms with Gasteiger partial charge in [-0.15, -0.1) is 0 Å². The fourth-order valence-corrected chi connectivity index (χ4v) is 1.97. The van der Waals surface area contributed by atoms with E-state index >= 15 is 0 Å². The highest BCUT2D eigenvalue weighted by atomic mass is 16.5. The normalized spacial score (nSPS) is 20.6. The lowest BCUT2D eigenvalue weighted by Gasteiger charge is -2.33. The van der Waals surface area contributed by atoms with Crippen LogP contribution in [0.3, 0.4) is 0 Å². The largest absolute Gasteiger partial charge is 0.484 e. The van der Waals surface area contributed by atoms with E-state index in [-0.39, 0.29) is 5.60 Å². The molecule has 0 unspecified atom stereocenters. The summed E-state index contributed by atoms with van der Waals surface area (Å²) >= 11 is 0. The summed E-state index contributed by atoms with van der Waals surface area (Å²) in [4.78, 5) is 0. The van der Waals surface area contributed by atoms with Crippen molar-refractivity contribution in [2.75, 3.05) is 0 Å². The first-order chi connectivity index (χ1) is 7.64. The molecule has 16 heavy (non-hydrogen) atoms. The summed E-state index contributed by atoms with van der Waals surface area (Å²) in [5, 5.41) is 0. The minimum atomic E-state index is -0.134. The van der Waals surface area contributed by atoms with E-state index < -0.39 is 0 Å². The molecule has 82 valence electrons. The first-order valence-electron chi connectivity index (χ1n) is 5.52. The van der Waals surface area contributed by atoms with Gasteiger partial charge in [0.15, 0.2) is 11.5 Å². The van der Waals surface area contributed by atoms with E-state index in [0.717, 1.165) is 29.3 Å². The topological polar surface area (TPSA) is 18.5 Å². The van der Waals surface area contributed by atoms with Gasteiger partial charge in [0, 0.05) is 12.0 Å². The van der Waals surface area contributed by atoms with Gasteiger partial charge in [0.05, 0.1) is 0 Å². The Morgan fingerprint density at radius 2 is 1.94 bits per heavy atom. The van der Waals surface area contributed by atoms with Crippen LogP contribution in [-0.4, -0.2) is 5.60 Å². The minimum absolute atomic E-state index is 0.134. The Hall–Kier alpha value is -1.70. The van der Waals surface area contributed by atoms with Gasteiger partial charge in [0.2, 0.25) is 0 Å². The molecule has 2 nitrogen and oxygen atoms in total. The molecule has 0 atom stereocenters. The highest BCUT2D eigenvalue weighted by Crippen LogP contribution is 2.38. The Morgan fingerprint density at radius 3 is 2.81 bits per heavy atom. The highest BCUT2D eigenvalue weighted by molar-refractivity contribution is 5.65. The molecule has 0 bridgehead atoms. The van der Waals surface area contributed by atoms with Crippen LogP contribution in [0.4, 0.5) is 0 Å². The molecule has 0 saturated carbocycles. The Bertz CT molecular complexity index is 495. The lowest BCUT2D eigenvalue weighted by Crippen LogP contribution is -2.29. The SMILES string of the molecule is CC1(C)CC=C2Oc3ccccc3C=C2O1. The molecule has 1 aromatic carbocycles. The Labute approximate surface area is 95.2 Å². The molecule has 2 aliphatic heterocycles. The van der Waals surface area contributed by atoms with E-state index in [4.69, 9.17) is 9.47 Å². The molecule has 0 amide bonds. The number of fused-ring (bicyclic) bond motifs is 2. The maximum absolute atomic E-state index is 5.90. The zero-order valence-electron chi connectivity index (χ0n) is 9.49. The maximum atomic E-state index is 5.90. The second kappa shape index (κ2) is 3.14. The summed E-state index contributed by atoms with van der Waals surface area (Å²) < 4.78 is 11.7. The Kier molecular flexibility index (Phi) is 1.87.